The van der Waals surface area contributed by atoms with Crippen molar-refractivity contribution < 1.29 is 9.59 Å². The van der Waals surface area contributed by atoms with Crippen molar-refractivity contribution in [2.75, 3.05) is 16.8 Å². The summed E-state index contributed by atoms with van der Waals surface area (Å²) >= 11 is 3.41. The highest BCUT2D eigenvalue weighted by Crippen LogP contribution is 2.28. The lowest BCUT2D eigenvalue weighted by molar-refractivity contribution is -0.122. The average molecular weight is 426 g/mol. The predicted molar refractivity (Wildman–Crippen MR) is 105 cm³/mol. The minimum absolute atomic E-state index is 0.0539. The van der Waals surface area contributed by atoms with Gasteiger partial charge in [-0.25, -0.2) is 9.97 Å². The van der Waals surface area contributed by atoms with E-state index in [-0.39, 0.29) is 18.2 Å². The molecule has 0 radical (unpaired) electrons. The molecular weight excluding hydrogens is 410 g/mol. The molecule has 3 aromatic rings. The van der Waals surface area contributed by atoms with Gasteiger partial charge < -0.3 is 10.2 Å². The van der Waals surface area contributed by atoms with Crippen molar-refractivity contribution in [3.05, 3.63) is 65.8 Å². The van der Waals surface area contributed by atoms with Crippen LogP contribution >= 0.6 is 15.9 Å². The Kier molecular flexibility index (Phi) is 4.72. The summed E-state index contributed by atoms with van der Waals surface area (Å²) in [5, 5.41) is 2.85. The zero-order chi connectivity index (χ0) is 18.8. The molecule has 1 saturated heterocycles. The Labute approximate surface area is 164 Å². The van der Waals surface area contributed by atoms with Crippen molar-refractivity contribution in [3.8, 4) is 5.82 Å². The van der Waals surface area contributed by atoms with Crippen molar-refractivity contribution in [3.63, 3.8) is 0 Å². The number of carbonyl (C=O) groups excluding carboxylic acids is 2. The van der Waals surface area contributed by atoms with E-state index in [1.165, 1.54) is 0 Å². The monoisotopic (exact) mass is 425 g/mol. The lowest BCUT2D eigenvalue weighted by atomic mass is 10.1. The Morgan fingerprint density at radius 1 is 1.26 bits per heavy atom. The molecule has 2 aromatic heterocycles. The molecule has 1 aliphatic rings. The lowest BCUT2D eigenvalue weighted by Gasteiger charge is -2.17. The van der Waals surface area contributed by atoms with Gasteiger partial charge in [-0.3, -0.25) is 14.2 Å². The van der Waals surface area contributed by atoms with Crippen LogP contribution in [0.15, 0.2) is 65.8 Å². The zero-order valence-electron chi connectivity index (χ0n) is 14.2. The highest BCUT2D eigenvalue weighted by Gasteiger charge is 2.35. The number of carbonyl (C=O) groups is 2. The normalized spacial score (nSPS) is 16.6. The minimum atomic E-state index is -0.398. The van der Waals surface area contributed by atoms with Gasteiger partial charge in [0.2, 0.25) is 11.8 Å². The molecule has 136 valence electrons. The zero-order valence-corrected chi connectivity index (χ0v) is 15.8. The molecule has 1 N–H and O–H groups in total. The van der Waals surface area contributed by atoms with E-state index < -0.39 is 5.92 Å². The Morgan fingerprint density at radius 3 is 2.85 bits per heavy atom. The van der Waals surface area contributed by atoms with Gasteiger partial charge in [0.15, 0.2) is 0 Å². The van der Waals surface area contributed by atoms with Crippen LogP contribution < -0.4 is 10.2 Å². The number of pyridine rings is 1. The molecule has 8 heteroatoms. The molecule has 1 unspecified atom stereocenters. The Morgan fingerprint density at radius 2 is 2.15 bits per heavy atom. The summed E-state index contributed by atoms with van der Waals surface area (Å²) in [6.45, 7) is 0.363. The van der Waals surface area contributed by atoms with Gasteiger partial charge in [0.05, 0.1) is 17.8 Å². The lowest BCUT2D eigenvalue weighted by Crippen LogP contribution is -2.28. The first kappa shape index (κ1) is 17.4. The van der Waals surface area contributed by atoms with Gasteiger partial charge >= 0.3 is 0 Å². The van der Waals surface area contributed by atoms with Crippen LogP contribution in [0.1, 0.15) is 6.42 Å². The molecule has 2 amide bonds. The molecule has 4 rings (SSSR count). The first-order valence-corrected chi connectivity index (χ1v) is 9.20. The maximum atomic E-state index is 12.6. The van der Waals surface area contributed by atoms with Crippen molar-refractivity contribution in [1.82, 2.24) is 14.5 Å². The van der Waals surface area contributed by atoms with Crippen LogP contribution in [0.5, 0.6) is 0 Å². The summed E-state index contributed by atoms with van der Waals surface area (Å²) in [7, 11) is 0. The fourth-order valence-electron chi connectivity index (χ4n) is 3.03. The fourth-order valence-corrected chi connectivity index (χ4v) is 3.42. The van der Waals surface area contributed by atoms with E-state index >= 15 is 0 Å². The van der Waals surface area contributed by atoms with Crippen molar-refractivity contribution >= 4 is 39.1 Å². The summed E-state index contributed by atoms with van der Waals surface area (Å²) in [4.78, 5) is 34.9. The molecule has 3 heterocycles. The number of nitrogens with zero attached hydrogens (tertiary/aromatic N) is 4. The third-order valence-electron chi connectivity index (χ3n) is 4.40. The number of benzene rings is 1. The molecule has 27 heavy (non-hydrogen) atoms. The second-order valence-corrected chi connectivity index (χ2v) is 7.17. The molecule has 1 fully saturated rings. The van der Waals surface area contributed by atoms with Crippen molar-refractivity contribution in [2.24, 2.45) is 5.92 Å². The molecule has 0 spiro atoms. The van der Waals surface area contributed by atoms with Gasteiger partial charge in [0.1, 0.15) is 12.1 Å². The van der Waals surface area contributed by atoms with Crippen LogP contribution in [0.3, 0.4) is 0 Å². The van der Waals surface area contributed by atoms with E-state index in [0.717, 1.165) is 10.2 Å². The van der Waals surface area contributed by atoms with Crippen LogP contribution in [0.2, 0.25) is 0 Å². The van der Waals surface area contributed by atoms with Crippen LogP contribution in [-0.4, -0.2) is 32.9 Å². The second-order valence-electron chi connectivity index (χ2n) is 6.25. The van der Waals surface area contributed by atoms with Gasteiger partial charge in [-0.05, 0) is 30.3 Å². The fraction of sp³-hybridized carbons (Fsp3) is 0.158. The largest absolute Gasteiger partial charge is 0.324 e. The Balaban J connectivity index is 1.42. The van der Waals surface area contributed by atoms with E-state index in [0.29, 0.717) is 18.1 Å². The number of aromatic nitrogens is 3. The molecule has 1 aliphatic heterocycles. The highest BCUT2D eigenvalue weighted by atomic mass is 79.9. The molecular formula is C19H16BrN5O2. The highest BCUT2D eigenvalue weighted by molar-refractivity contribution is 9.10. The third-order valence-corrected chi connectivity index (χ3v) is 4.89. The van der Waals surface area contributed by atoms with Gasteiger partial charge in [-0.15, -0.1) is 0 Å². The third kappa shape index (κ3) is 3.75. The summed E-state index contributed by atoms with van der Waals surface area (Å²) in [6, 6.07) is 11.1. The standard InChI is InChI=1S/C19H16BrN5O2/c20-14-2-1-3-16(9-14)25-11-13(8-18(25)26)19(27)23-15-4-5-17(22-10-15)24-7-6-21-12-24/h1-7,9-10,12-13H,8,11H2,(H,23,27). The van der Waals surface area contributed by atoms with E-state index in [1.807, 2.05) is 24.3 Å². The molecule has 1 aromatic carbocycles. The van der Waals surface area contributed by atoms with E-state index in [4.69, 9.17) is 0 Å². The number of hydrogen-bond acceptors (Lipinski definition) is 4. The first-order chi connectivity index (χ1) is 13.1. The Hall–Kier alpha value is -3.00. The Bertz CT molecular complexity index is 972. The number of halogens is 1. The van der Waals surface area contributed by atoms with Crippen LogP contribution in [0.25, 0.3) is 5.82 Å². The van der Waals surface area contributed by atoms with Crippen LogP contribution in [-0.2, 0) is 9.59 Å². The number of rotatable bonds is 4. The van der Waals surface area contributed by atoms with E-state index in [2.05, 4.69) is 31.2 Å². The number of hydrogen-bond donors (Lipinski definition) is 1. The summed E-state index contributed by atoms with van der Waals surface area (Å²) < 4.78 is 2.67. The van der Waals surface area contributed by atoms with E-state index in [9.17, 15) is 9.59 Å². The number of nitrogens with one attached hydrogen (secondary N) is 1. The van der Waals surface area contributed by atoms with Crippen LogP contribution in [0, 0.1) is 5.92 Å². The molecule has 0 saturated carbocycles. The number of imidazole rings is 1. The first-order valence-electron chi connectivity index (χ1n) is 8.41. The SMILES string of the molecule is O=C(Nc1ccc(-n2ccnc2)nc1)C1CC(=O)N(c2cccc(Br)c2)C1. The molecule has 7 nitrogen and oxygen atoms in total. The predicted octanol–water partition coefficient (Wildman–Crippen LogP) is 3.02. The van der Waals surface area contributed by atoms with Crippen LogP contribution in [0.4, 0.5) is 11.4 Å². The maximum Gasteiger partial charge on any atom is 0.229 e. The molecule has 1 atom stereocenters. The minimum Gasteiger partial charge on any atom is -0.324 e. The number of amides is 2. The summed E-state index contributed by atoms with van der Waals surface area (Å²) in [5.74, 6) is 0.0760. The van der Waals surface area contributed by atoms with Gasteiger partial charge in [0.25, 0.3) is 0 Å². The maximum absolute atomic E-state index is 12.6. The van der Waals surface area contributed by atoms with Gasteiger partial charge in [-0.1, -0.05) is 22.0 Å². The van der Waals surface area contributed by atoms with Gasteiger partial charge in [-0.2, -0.15) is 0 Å². The summed E-state index contributed by atoms with van der Waals surface area (Å²) in [6.07, 6.45) is 6.91. The van der Waals surface area contributed by atoms with Crippen molar-refractivity contribution in [2.45, 2.75) is 6.42 Å². The average Bonchev–Trinajstić information content (AvgIpc) is 3.32. The topological polar surface area (TPSA) is 80.1 Å². The van der Waals surface area contributed by atoms with Gasteiger partial charge in [0, 0.05) is 35.5 Å². The second kappa shape index (κ2) is 7.32. The van der Waals surface area contributed by atoms with E-state index in [1.54, 1.807) is 46.5 Å². The molecule has 0 bridgehead atoms. The van der Waals surface area contributed by atoms with Crippen molar-refractivity contribution in [1.29, 1.82) is 0 Å². The summed E-state index contributed by atoms with van der Waals surface area (Å²) in [5.41, 5.74) is 1.38. The number of anilines is 2. The molecule has 0 aliphatic carbocycles. The quantitative estimate of drug-likeness (QED) is 0.696. The smallest absolute Gasteiger partial charge is 0.229 e.